The number of amides is 3. The number of benzene rings is 1. The second-order valence-corrected chi connectivity index (χ2v) is 7.62. The van der Waals surface area contributed by atoms with E-state index in [4.69, 9.17) is 0 Å². The fourth-order valence-corrected chi connectivity index (χ4v) is 4.07. The van der Waals surface area contributed by atoms with Crippen molar-refractivity contribution in [2.45, 2.75) is 45.6 Å². The van der Waals surface area contributed by atoms with E-state index in [2.05, 4.69) is 12.2 Å². The lowest BCUT2D eigenvalue weighted by atomic mass is 9.78. The lowest BCUT2D eigenvalue weighted by Crippen LogP contribution is -2.50. The summed E-state index contributed by atoms with van der Waals surface area (Å²) in [6.07, 6.45) is 4.22. The Morgan fingerprint density at radius 2 is 2.04 bits per heavy atom. The number of hydrogen-bond donors (Lipinski definition) is 1. The number of piperidine rings is 1. The molecule has 3 amide bonds. The minimum absolute atomic E-state index is 0.0161. The molecule has 5 nitrogen and oxygen atoms in total. The number of halogens is 2. The first-order valence-electron chi connectivity index (χ1n) is 9.71. The number of urea groups is 1. The highest BCUT2D eigenvalue weighted by atomic mass is 19.2. The Morgan fingerprint density at radius 1 is 1.22 bits per heavy atom. The van der Waals surface area contributed by atoms with Crippen molar-refractivity contribution < 1.29 is 18.4 Å². The Bertz CT molecular complexity index is 712. The minimum atomic E-state index is -0.900. The van der Waals surface area contributed by atoms with E-state index >= 15 is 0 Å². The normalized spacial score (nSPS) is 22.6. The molecule has 148 valence electrons. The quantitative estimate of drug-likeness (QED) is 0.798. The number of unbranched alkanes of at least 4 members (excludes halogenated alkanes) is 1. The highest BCUT2D eigenvalue weighted by molar-refractivity contribution is 5.85. The molecule has 1 aromatic carbocycles. The van der Waals surface area contributed by atoms with E-state index in [9.17, 15) is 18.4 Å². The van der Waals surface area contributed by atoms with Gasteiger partial charge in [0.15, 0.2) is 11.6 Å². The topological polar surface area (TPSA) is 52.7 Å². The van der Waals surface area contributed by atoms with Crippen LogP contribution in [-0.2, 0) is 11.3 Å². The van der Waals surface area contributed by atoms with Crippen molar-refractivity contribution >= 4 is 11.9 Å². The Labute approximate surface area is 158 Å². The molecule has 1 aromatic rings. The first-order valence-corrected chi connectivity index (χ1v) is 9.71. The first kappa shape index (κ1) is 19.6. The van der Waals surface area contributed by atoms with Crippen LogP contribution in [0.25, 0.3) is 0 Å². The summed E-state index contributed by atoms with van der Waals surface area (Å²) in [5, 5.41) is 2.91. The number of rotatable bonds is 5. The van der Waals surface area contributed by atoms with Gasteiger partial charge in [0.05, 0.1) is 5.41 Å². The van der Waals surface area contributed by atoms with Crippen LogP contribution in [0.15, 0.2) is 18.2 Å². The predicted molar refractivity (Wildman–Crippen MR) is 97.9 cm³/mol. The molecule has 1 N–H and O–H groups in total. The number of likely N-dealkylation sites (tertiary alicyclic amines) is 2. The molecule has 2 heterocycles. The molecule has 0 unspecified atom stereocenters. The SMILES string of the molecule is CCCCNC(=O)N1CC[C@@]2(CCCN(Cc3ccc(F)c(F)c3)C2=O)C1. The highest BCUT2D eigenvalue weighted by Crippen LogP contribution is 2.40. The molecular weight excluding hydrogens is 352 g/mol. The molecule has 1 atom stereocenters. The van der Waals surface area contributed by atoms with Gasteiger partial charge in [0.1, 0.15) is 0 Å². The van der Waals surface area contributed by atoms with Gasteiger partial charge in [-0.1, -0.05) is 19.4 Å². The standard InChI is InChI=1S/C20H27F2N3O2/c1-2-3-9-23-19(27)25-11-8-20(14-25)7-4-10-24(18(20)26)13-15-5-6-16(21)17(22)12-15/h5-6,12H,2-4,7-11,13-14H2,1H3,(H,23,27)/t20-/m0/s1. The van der Waals surface area contributed by atoms with Crippen LogP contribution in [0.5, 0.6) is 0 Å². The van der Waals surface area contributed by atoms with Gasteiger partial charge in [0, 0.05) is 32.7 Å². The molecule has 0 saturated carbocycles. The third-order valence-corrected chi connectivity index (χ3v) is 5.63. The Hall–Kier alpha value is -2.18. The summed E-state index contributed by atoms with van der Waals surface area (Å²) in [4.78, 5) is 28.9. The molecule has 2 fully saturated rings. The molecule has 2 saturated heterocycles. The summed E-state index contributed by atoms with van der Waals surface area (Å²) in [5.41, 5.74) is 0.0327. The summed E-state index contributed by atoms with van der Waals surface area (Å²) >= 11 is 0. The number of nitrogens with zero attached hydrogens (tertiary/aromatic N) is 2. The summed E-state index contributed by atoms with van der Waals surface area (Å²) in [7, 11) is 0. The van der Waals surface area contributed by atoms with Crippen LogP contribution in [-0.4, -0.2) is 47.9 Å². The fourth-order valence-electron chi connectivity index (χ4n) is 4.07. The zero-order valence-corrected chi connectivity index (χ0v) is 15.8. The third kappa shape index (κ3) is 4.22. The second-order valence-electron chi connectivity index (χ2n) is 7.62. The molecule has 27 heavy (non-hydrogen) atoms. The van der Waals surface area contributed by atoms with E-state index in [-0.39, 0.29) is 18.5 Å². The fraction of sp³-hybridized carbons (Fsp3) is 0.600. The number of nitrogens with one attached hydrogen (secondary N) is 1. The Morgan fingerprint density at radius 3 is 2.78 bits per heavy atom. The van der Waals surface area contributed by atoms with Gasteiger partial charge >= 0.3 is 6.03 Å². The molecule has 2 aliphatic rings. The zero-order valence-electron chi connectivity index (χ0n) is 15.8. The van der Waals surface area contributed by atoms with Crippen molar-refractivity contribution in [3.8, 4) is 0 Å². The molecule has 3 rings (SSSR count). The zero-order chi connectivity index (χ0) is 19.4. The van der Waals surface area contributed by atoms with Gasteiger partial charge in [-0.2, -0.15) is 0 Å². The average Bonchev–Trinajstić information content (AvgIpc) is 3.07. The molecule has 0 aliphatic carbocycles. The van der Waals surface area contributed by atoms with Gasteiger partial charge in [0.25, 0.3) is 0 Å². The van der Waals surface area contributed by atoms with Crippen molar-refractivity contribution in [3.63, 3.8) is 0 Å². The monoisotopic (exact) mass is 379 g/mol. The lowest BCUT2D eigenvalue weighted by Gasteiger charge is -2.39. The van der Waals surface area contributed by atoms with Crippen molar-refractivity contribution in [2.75, 3.05) is 26.2 Å². The summed E-state index contributed by atoms with van der Waals surface area (Å²) in [6.45, 7) is 4.58. The highest BCUT2D eigenvalue weighted by Gasteiger charge is 2.49. The van der Waals surface area contributed by atoms with Crippen LogP contribution in [0.4, 0.5) is 13.6 Å². The van der Waals surface area contributed by atoms with Crippen LogP contribution in [0.1, 0.15) is 44.6 Å². The largest absolute Gasteiger partial charge is 0.338 e. The van der Waals surface area contributed by atoms with Gasteiger partial charge in [-0.3, -0.25) is 4.79 Å². The van der Waals surface area contributed by atoms with Crippen molar-refractivity contribution in [3.05, 3.63) is 35.4 Å². The van der Waals surface area contributed by atoms with Crippen molar-refractivity contribution in [1.82, 2.24) is 15.1 Å². The summed E-state index contributed by atoms with van der Waals surface area (Å²) < 4.78 is 26.6. The van der Waals surface area contributed by atoms with Crippen molar-refractivity contribution in [2.24, 2.45) is 5.41 Å². The van der Waals surface area contributed by atoms with E-state index in [1.54, 1.807) is 9.80 Å². The van der Waals surface area contributed by atoms with E-state index in [1.807, 2.05) is 0 Å². The maximum absolute atomic E-state index is 13.5. The molecule has 2 aliphatic heterocycles. The van der Waals surface area contributed by atoms with Crippen LogP contribution >= 0.6 is 0 Å². The number of carbonyl (C=O) groups is 2. The van der Waals surface area contributed by atoms with E-state index in [1.165, 1.54) is 6.07 Å². The molecule has 7 heteroatoms. The van der Waals surface area contributed by atoms with Crippen LogP contribution in [0, 0.1) is 17.0 Å². The van der Waals surface area contributed by atoms with Crippen LogP contribution in [0.3, 0.4) is 0 Å². The maximum atomic E-state index is 13.5. The third-order valence-electron chi connectivity index (χ3n) is 5.63. The number of hydrogen-bond acceptors (Lipinski definition) is 2. The van der Waals surface area contributed by atoms with Crippen LogP contribution < -0.4 is 5.32 Å². The van der Waals surface area contributed by atoms with Gasteiger partial charge in [-0.25, -0.2) is 13.6 Å². The maximum Gasteiger partial charge on any atom is 0.317 e. The predicted octanol–water partition coefficient (Wildman–Crippen LogP) is 3.29. The smallest absolute Gasteiger partial charge is 0.317 e. The molecule has 0 radical (unpaired) electrons. The van der Waals surface area contributed by atoms with Gasteiger partial charge < -0.3 is 15.1 Å². The van der Waals surface area contributed by atoms with Crippen molar-refractivity contribution in [1.29, 1.82) is 0 Å². The summed E-state index contributed by atoms with van der Waals surface area (Å²) in [5.74, 6) is -1.77. The average molecular weight is 379 g/mol. The Kier molecular flexibility index (Phi) is 5.97. The van der Waals surface area contributed by atoms with E-state index < -0.39 is 17.0 Å². The van der Waals surface area contributed by atoms with E-state index in [0.717, 1.165) is 37.8 Å². The van der Waals surface area contributed by atoms with E-state index in [0.29, 0.717) is 38.2 Å². The lowest BCUT2D eigenvalue weighted by molar-refractivity contribution is -0.146. The van der Waals surface area contributed by atoms with Gasteiger partial charge in [-0.05, 0) is 43.4 Å². The van der Waals surface area contributed by atoms with Gasteiger partial charge in [0.2, 0.25) is 5.91 Å². The molecular formula is C20H27F2N3O2. The Balaban J connectivity index is 1.64. The van der Waals surface area contributed by atoms with Gasteiger partial charge in [-0.15, -0.1) is 0 Å². The number of carbonyl (C=O) groups excluding carboxylic acids is 2. The molecule has 1 spiro atoms. The van der Waals surface area contributed by atoms with Crippen LogP contribution in [0.2, 0.25) is 0 Å². The first-order chi connectivity index (χ1) is 12.9. The summed E-state index contributed by atoms with van der Waals surface area (Å²) in [6, 6.07) is 3.64. The minimum Gasteiger partial charge on any atom is -0.338 e. The molecule has 0 aromatic heterocycles. The second kappa shape index (κ2) is 8.23. The molecule has 0 bridgehead atoms.